The van der Waals surface area contributed by atoms with Crippen LogP contribution in [0.2, 0.25) is 0 Å². The van der Waals surface area contributed by atoms with Crippen molar-refractivity contribution in [1.82, 2.24) is 15.1 Å². The zero-order chi connectivity index (χ0) is 27.2. The predicted molar refractivity (Wildman–Crippen MR) is 130 cm³/mol. The van der Waals surface area contributed by atoms with E-state index < -0.39 is 47.7 Å². The number of esters is 2. The van der Waals surface area contributed by atoms with Crippen LogP contribution >= 0.6 is 0 Å². The van der Waals surface area contributed by atoms with Gasteiger partial charge in [-0.1, -0.05) is 13.8 Å². The van der Waals surface area contributed by atoms with Gasteiger partial charge in [0.2, 0.25) is 11.8 Å². The molecule has 0 aromatic heterocycles. The monoisotopic (exact) mass is 511 g/mol. The Morgan fingerprint density at radius 3 is 2.00 bits per heavy atom. The SMILES string of the molecule is CCOC(=O)[C@H]1[C@H](C(=O)OCC)N1C(=O)[C@@H]1CCCN(C(=O)[C@H](CC(C)C)NC(=O)OC(C)(C)C)C1. The number of carbonyl (C=O) groups excluding carboxylic acids is 5. The Morgan fingerprint density at radius 2 is 1.53 bits per heavy atom. The number of likely N-dealkylation sites (tertiary alicyclic amines) is 1. The van der Waals surface area contributed by atoms with E-state index in [2.05, 4.69) is 5.32 Å². The number of hydrogen-bond acceptors (Lipinski definition) is 8. The lowest BCUT2D eigenvalue weighted by atomic mass is 9.95. The lowest BCUT2D eigenvalue weighted by Crippen LogP contribution is -2.53. The molecule has 0 aliphatic carbocycles. The summed E-state index contributed by atoms with van der Waals surface area (Å²) in [6, 6.07) is -2.82. The number of ether oxygens (including phenoxy) is 3. The minimum absolute atomic E-state index is 0.126. The van der Waals surface area contributed by atoms with E-state index in [-0.39, 0.29) is 37.5 Å². The molecule has 11 heteroatoms. The summed E-state index contributed by atoms with van der Waals surface area (Å²) < 4.78 is 15.4. The quantitative estimate of drug-likeness (QED) is 0.282. The van der Waals surface area contributed by atoms with Crippen molar-refractivity contribution in [2.45, 2.75) is 91.5 Å². The van der Waals surface area contributed by atoms with Crippen LogP contribution in [0.4, 0.5) is 4.79 Å². The third kappa shape index (κ3) is 7.83. The molecule has 0 aromatic carbocycles. The van der Waals surface area contributed by atoms with E-state index in [9.17, 15) is 24.0 Å². The van der Waals surface area contributed by atoms with Gasteiger partial charge in [-0.3, -0.25) is 9.59 Å². The van der Waals surface area contributed by atoms with Crippen LogP contribution in [0.3, 0.4) is 0 Å². The highest BCUT2D eigenvalue weighted by molar-refractivity contribution is 6.01. The molecule has 2 heterocycles. The zero-order valence-corrected chi connectivity index (χ0v) is 22.5. The second-order valence-corrected chi connectivity index (χ2v) is 10.6. The third-order valence-electron chi connectivity index (χ3n) is 5.90. The van der Waals surface area contributed by atoms with Crippen molar-refractivity contribution >= 4 is 29.8 Å². The molecule has 36 heavy (non-hydrogen) atoms. The van der Waals surface area contributed by atoms with Gasteiger partial charge in [-0.2, -0.15) is 0 Å². The van der Waals surface area contributed by atoms with Crippen molar-refractivity contribution in [1.29, 1.82) is 0 Å². The van der Waals surface area contributed by atoms with E-state index in [4.69, 9.17) is 14.2 Å². The number of piperidine rings is 1. The van der Waals surface area contributed by atoms with Crippen molar-refractivity contribution in [2.75, 3.05) is 26.3 Å². The average Bonchev–Trinajstić information content (AvgIpc) is 3.52. The molecule has 0 spiro atoms. The summed E-state index contributed by atoms with van der Waals surface area (Å²) in [5.74, 6) is -2.42. The third-order valence-corrected chi connectivity index (χ3v) is 5.90. The van der Waals surface area contributed by atoms with Crippen LogP contribution in [-0.2, 0) is 33.4 Å². The first-order chi connectivity index (χ1) is 16.8. The molecule has 204 valence electrons. The van der Waals surface area contributed by atoms with Crippen LogP contribution in [0.1, 0.15) is 67.7 Å². The van der Waals surface area contributed by atoms with Crippen molar-refractivity contribution in [3.8, 4) is 0 Å². The molecule has 0 saturated carbocycles. The van der Waals surface area contributed by atoms with Gasteiger partial charge >= 0.3 is 18.0 Å². The number of carbonyl (C=O) groups is 5. The number of hydrogen-bond donors (Lipinski definition) is 1. The molecule has 0 unspecified atom stereocenters. The van der Waals surface area contributed by atoms with Crippen LogP contribution in [0, 0.1) is 11.8 Å². The first kappa shape index (κ1) is 29.4. The van der Waals surface area contributed by atoms with Crippen LogP contribution in [0.25, 0.3) is 0 Å². The predicted octanol–water partition coefficient (Wildman–Crippen LogP) is 1.87. The van der Waals surface area contributed by atoms with Gasteiger partial charge in [0.05, 0.1) is 19.1 Å². The van der Waals surface area contributed by atoms with Crippen molar-refractivity contribution in [3.05, 3.63) is 0 Å². The molecule has 4 atom stereocenters. The van der Waals surface area contributed by atoms with E-state index in [1.54, 1.807) is 39.5 Å². The molecule has 11 nitrogen and oxygen atoms in total. The highest BCUT2D eigenvalue weighted by Gasteiger charge is 2.62. The highest BCUT2D eigenvalue weighted by atomic mass is 16.6. The van der Waals surface area contributed by atoms with E-state index in [1.807, 2.05) is 13.8 Å². The normalized spacial score (nSPS) is 22.5. The molecule has 0 radical (unpaired) electrons. The molecule has 1 N–H and O–H groups in total. The molecule has 0 aromatic rings. The average molecular weight is 512 g/mol. The minimum Gasteiger partial charge on any atom is -0.464 e. The number of nitrogens with zero attached hydrogens (tertiary/aromatic N) is 2. The number of amides is 3. The lowest BCUT2D eigenvalue weighted by molar-refractivity contribution is -0.147. The van der Waals surface area contributed by atoms with E-state index in [1.165, 1.54) is 4.90 Å². The summed E-state index contributed by atoms with van der Waals surface area (Å²) in [7, 11) is 0. The van der Waals surface area contributed by atoms with Crippen molar-refractivity contribution in [2.24, 2.45) is 11.8 Å². The summed E-state index contributed by atoms with van der Waals surface area (Å²) in [4.78, 5) is 66.6. The Labute approximate surface area is 213 Å². The fourth-order valence-corrected chi connectivity index (χ4v) is 4.40. The molecule has 2 aliphatic heterocycles. The number of nitrogens with one attached hydrogen (secondary N) is 1. The molecular weight excluding hydrogens is 470 g/mol. The van der Waals surface area contributed by atoms with Crippen molar-refractivity contribution in [3.63, 3.8) is 0 Å². The van der Waals surface area contributed by atoms with Gasteiger partial charge in [-0.05, 0) is 59.8 Å². The summed E-state index contributed by atoms with van der Waals surface area (Å²) in [5, 5.41) is 2.68. The van der Waals surface area contributed by atoms with Crippen LogP contribution in [0.5, 0.6) is 0 Å². The van der Waals surface area contributed by atoms with Crippen LogP contribution in [-0.4, -0.2) is 89.7 Å². The van der Waals surface area contributed by atoms with Gasteiger partial charge in [0.25, 0.3) is 0 Å². The van der Waals surface area contributed by atoms with Gasteiger partial charge in [0.15, 0.2) is 12.1 Å². The molecule has 0 bridgehead atoms. The van der Waals surface area contributed by atoms with Crippen molar-refractivity contribution < 1.29 is 38.2 Å². The maximum Gasteiger partial charge on any atom is 0.408 e. The minimum atomic E-state index is -1.01. The Hall–Kier alpha value is -2.85. The Balaban J connectivity index is 2.12. The fraction of sp³-hybridized carbons (Fsp3) is 0.800. The second kappa shape index (κ2) is 12.4. The zero-order valence-electron chi connectivity index (χ0n) is 22.5. The largest absolute Gasteiger partial charge is 0.464 e. The molecular formula is C25H41N3O8. The fourth-order valence-electron chi connectivity index (χ4n) is 4.40. The molecule has 3 amide bonds. The van der Waals surface area contributed by atoms with Gasteiger partial charge in [-0.15, -0.1) is 0 Å². The molecule has 2 aliphatic rings. The van der Waals surface area contributed by atoms with E-state index in [0.717, 1.165) is 0 Å². The molecule has 2 fully saturated rings. The van der Waals surface area contributed by atoms with Gasteiger partial charge in [-0.25, -0.2) is 14.4 Å². The maximum absolute atomic E-state index is 13.4. The van der Waals surface area contributed by atoms with Gasteiger partial charge < -0.3 is 29.3 Å². The van der Waals surface area contributed by atoms with E-state index >= 15 is 0 Å². The Kier molecular flexibility index (Phi) is 10.1. The number of rotatable bonds is 9. The topological polar surface area (TPSA) is 131 Å². The van der Waals surface area contributed by atoms with Gasteiger partial charge in [0, 0.05) is 13.1 Å². The smallest absolute Gasteiger partial charge is 0.408 e. The van der Waals surface area contributed by atoms with Gasteiger partial charge in [0.1, 0.15) is 11.6 Å². The summed E-state index contributed by atoms with van der Waals surface area (Å²) in [5.41, 5.74) is -0.707. The second-order valence-electron chi connectivity index (χ2n) is 10.6. The Morgan fingerprint density at radius 1 is 0.972 bits per heavy atom. The lowest BCUT2D eigenvalue weighted by Gasteiger charge is -2.35. The summed E-state index contributed by atoms with van der Waals surface area (Å²) in [6.45, 7) is 13.2. The first-order valence-electron chi connectivity index (χ1n) is 12.7. The maximum atomic E-state index is 13.4. The van der Waals surface area contributed by atoms with Crippen LogP contribution in [0.15, 0.2) is 0 Å². The first-order valence-corrected chi connectivity index (χ1v) is 12.7. The van der Waals surface area contributed by atoms with E-state index in [0.29, 0.717) is 25.8 Å². The summed E-state index contributed by atoms with van der Waals surface area (Å²) >= 11 is 0. The standard InChI is InChI=1S/C25H41N3O8/c1-8-34-22(31)18-19(23(32)35-9-2)28(18)20(29)16-11-10-12-27(14-16)21(30)17(13-15(3)4)26-24(33)36-25(5,6)7/h15-19H,8-14H2,1-7H3,(H,26,33)/t16-,17+,18-,19-/m1/s1. The molecule has 2 rings (SSSR count). The highest BCUT2D eigenvalue weighted by Crippen LogP contribution is 2.35. The molecule has 2 saturated heterocycles. The number of alkyl carbamates (subject to hydrolysis) is 1. The van der Waals surface area contributed by atoms with Crippen LogP contribution < -0.4 is 5.32 Å². The Bertz CT molecular complexity index is 814. The summed E-state index contributed by atoms with van der Waals surface area (Å²) in [6.07, 6.45) is 0.823.